The van der Waals surface area contributed by atoms with Gasteiger partial charge >= 0.3 is 18.1 Å². The molecule has 0 radical (unpaired) electrons. The number of urea groups is 1. The molecule has 2 aliphatic rings. The van der Waals surface area contributed by atoms with E-state index >= 15 is 0 Å². The highest BCUT2D eigenvalue weighted by Crippen LogP contribution is 2.32. The fraction of sp³-hybridized carbons (Fsp3) is 0.333. The van der Waals surface area contributed by atoms with Gasteiger partial charge in [-0.15, -0.1) is 11.3 Å². The van der Waals surface area contributed by atoms with Crippen LogP contribution < -0.4 is 4.90 Å². The molecule has 0 spiro atoms. The Hall–Kier alpha value is -3.14. The normalized spacial score (nSPS) is 19.0. The molecule has 0 saturated carbocycles. The largest absolute Gasteiger partial charge is 0.465 e. The van der Waals surface area contributed by atoms with Crippen LogP contribution in [0.15, 0.2) is 29.6 Å². The molecule has 2 saturated heterocycles. The number of carboxylic acid groups (broad SMARTS) is 1. The van der Waals surface area contributed by atoms with E-state index in [4.69, 9.17) is 4.74 Å². The average Bonchev–Trinajstić information content (AvgIpc) is 3.32. The maximum atomic E-state index is 12.7. The molecule has 10 heteroatoms. The summed E-state index contributed by atoms with van der Waals surface area (Å²) in [4.78, 5) is 44.7. The van der Waals surface area contributed by atoms with Crippen LogP contribution in [0.2, 0.25) is 0 Å². The van der Waals surface area contributed by atoms with Gasteiger partial charge in [0.1, 0.15) is 0 Å². The number of methoxy groups -OCH3 is 1. The van der Waals surface area contributed by atoms with Gasteiger partial charge in [-0.3, -0.25) is 4.90 Å². The molecule has 3 amide bonds. The van der Waals surface area contributed by atoms with Crippen LogP contribution in [0.25, 0.3) is 11.3 Å². The van der Waals surface area contributed by atoms with Crippen molar-refractivity contribution in [2.75, 3.05) is 38.2 Å². The van der Waals surface area contributed by atoms with Gasteiger partial charge in [0.05, 0.1) is 31.0 Å². The van der Waals surface area contributed by atoms with E-state index in [1.54, 1.807) is 34.1 Å². The lowest BCUT2D eigenvalue weighted by Gasteiger charge is -2.34. The fourth-order valence-corrected chi connectivity index (χ4v) is 4.29. The number of thiazole rings is 1. The molecule has 4 rings (SSSR count). The summed E-state index contributed by atoms with van der Waals surface area (Å²) in [6, 6.07) is 6.60. The lowest BCUT2D eigenvalue weighted by atomic mass is 10.1. The minimum Gasteiger partial charge on any atom is -0.465 e. The number of hydrogen-bond acceptors (Lipinski definition) is 6. The number of benzene rings is 1. The molecule has 2 fully saturated rings. The number of fused-ring (bicyclic) bond motifs is 1. The quantitative estimate of drug-likeness (QED) is 0.790. The van der Waals surface area contributed by atoms with Gasteiger partial charge in [0.2, 0.25) is 0 Å². The molecule has 9 nitrogen and oxygen atoms in total. The lowest BCUT2D eigenvalue weighted by Crippen LogP contribution is -2.53. The number of anilines is 1. The molecule has 1 aromatic heterocycles. The molecule has 0 bridgehead atoms. The second-order valence-corrected chi connectivity index (χ2v) is 7.39. The highest BCUT2D eigenvalue weighted by atomic mass is 32.1. The first-order valence-corrected chi connectivity index (χ1v) is 9.56. The maximum absolute atomic E-state index is 12.7. The smallest absolute Gasteiger partial charge is 0.407 e. The van der Waals surface area contributed by atoms with Crippen LogP contribution in [0, 0.1) is 0 Å². The Kier molecular flexibility index (Phi) is 4.63. The number of ether oxygens (including phenoxy) is 1. The van der Waals surface area contributed by atoms with Gasteiger partial charge in [-0.05, 0) is 12.1 Å². The van der Waals surface area contributed by atoms with E-state index in [1.807, 2.05) is 5.38 Å². The standard InChI is InChI=1S/C18H18N4O5S/c1-27-15(23)12-4-2-11(3-5-12)14-10-28-16(19-14)22-9-13-8-20(18(25)26)6-7-21(13)17(22)24/h2-5,10,13H,6-9H2,1H3,(H,25,26). The predicted octanol–water partition coefficient (Wildman–Crippen LogP) is 2.20. The molecule has 28 heavy (non-hydrogen) atoms. The van der Waals surface area contributed by atoms with Gasteiger partial charge in [-0.2, -0.15) is 0 Å². The summed E-state index contributed by atoms with van der Waals surface area (Å²) in [6.45, 7) is 1.43. The molecule has 2 aliphatic heterocycles. The van der Waals surface area contributed by atoms with Gasteiger partial charge in [0.15, 0.2) is 5.13 Å². The van der Waals surface area contributed by atoms with Gasteiger partial charge < -0.3 is 19.6 Å². The summed E-state index contributed by atoms with van der Waals surface area (Å²) < 4.78 is 4.69. The molecule has 1 aromatic carbocycles. The van der Waals surface area contributed by atoms with Crippen molar-refractivity contribution in [2.24, 2.45) is 0 Å². The predicted molar refractivity (Wildman–Crippen MR) is 102 cm³/mol. The van der Waals surface area contributed by atoms with E-state index in [0.29, 0.717) is 42.6 Å². The number of carbonyl (C=O) groups excluding carboxylic acids is 2. The van der Waals surface area contributed by atoms with Crippen LogP contribution in [-0.4, -0.2) is 77.3 Å². The van der Waals surface area contributed by atoms with Crippen LogP contribution in [-0.2, 0) is 4.74 Å². The molecule has 1 unspecified atom stereocenters. The highest BCUT2D eigenvalue weighted by molar-refractivity contribution is 7.14. The summed E-state index contributed by atoms with van der Waals surface area (Å²) in [5.74, 6) is -0.403. The highest BCUT2D eigenvalue weighted by Gasteiger charge is 2.43. The number of hydrogen-bond donors (Lipinski definition) is 1. The topological polar surface area (TPSA) is 103 Å². The summed E-state index contributed by atoms with van der Waals surface area (Å²) in [6.07, 6.45) is -0.961. The Morgan fingerprint density at radius 1 is 1.21 bits per heavy atom. The fourth-order valence-electron chi connectivity index (χ4n) is 3.46. The number of aromatic nitrogens is 1. The molecular formula is C18H18N4O5S. The zero-order chi connectivity index (χ0) is 19.8. The minimum absolute atomic E-state index is 0.142. The van der Waals surface area contributed by atoms with Crippen molar-refractivity contribution in [1.29, 1.82) is 0 Å². The Bertz CT molecular complexity index is 928. The second-order valence-electron chi connectivity index (χ2n) is 6.55. The van der Waals surface area contributed by atoms with E-state index in [1.165, 1.54) is 23.3 Å². The number of rotatable bonds is 3. The molecule has 0 aliphatic carbocycles. The van der Waals surface area contributed by atoms with E-state index in [0.717, 1.165) is 5.56 Å². The first-order valence-electron chi connectivity index (χ1n) is 8.68. The summed E-state index contributed by atoms with van der Waals surface area (Å²) in [5.41, 5.74) is 1.99. The summed E-state index contributed by atoms with van der Waals surface area (Å²) in [5, 5.41) is 11.6. The third kappa shape index (κ3) is 3.15. The first kappa shape index (κ1) is 18.2. The summed E-state index contributed by atoms with van der Waals surface area (Å²) in [7, 11) is 1.33. The number of carbonyl (C=O) groups is 3. The Morgan fingerprint density at radius 2 is 1.96 bits per heavy atom. The van der Waals surface area contributed by atoms with Crippen LogP contribution in [0.1, 0.15) is 10.4 Å². The van der Waals surface area contributed by atoms with E-state index in [9.17, 15) is 19.5 Å². The lowest BCUT2D eigenvalue weighted by molar-refractivity contribution is 0.0600. The average molecular weight is 402 g/mol. The third-order valence-electron chi connectivity index (χ3n) is 4.95. The van der Waals surface area contributed by atoms with Crippen LogP contribution in [0.5, 0.6) is 0 Å². The van der Waals surface area contributed by atoms with E-state index in [-0.39, 0.29) is 12.1 Å². The molecule has 146 valence electrons. The van der Waals surface area contributed by atoms with Gasteiger partial charge in [0.25, 0.3) is 0 Å². The van der Waals surface area contributed by atoms with E-state index < -0.39 is 12.1 Å². The van der Waals surface area contributed by atoms with Crippen molar-refractivity contribution in [1.82, 2.24) is 14.8 Å². The van der Waals surface area contributed by atoms with Crippen LogP contribution in [0.3, 0.4) is 0 Å². The van der Waals surface area contributed by atoms with E-state index in [2.05, 4.69) is 4.98 Å². The van der Waals surface area contributed by atoms with Crippen LogP contribution >= 0.6 is 11.3 Å². The monoisotopic (exact) mass is 402 g/mol. The maximum Gasteiger partial charge on any atom is 0.407 e. The minimum atomic E-state index is -0.961. The molecule has 1 atom stereocenters. The van der Waals surface area contributed by atoms with Crippen molar-refractivity contribution >= 4 is 34.6 Å². The van der Waals surface area contributed by atoms with Crippen molar-refractivity contribution in [3.05, 3.63) is 35.2 Å². The van der Waals surface area contributed by atoms with Crippen molar-refractivity contribution in [3.63, 3.8) is 0 Å². The van der Waals surface area contributed by atoms with Gasteiger partial charge in [-0.25, -0.2) is 19.4 Å². The SMILES string of the molecule is COC(=O)c1ccc(-c2csc(N3CC4CN(C(=O)O)CCN4C3=O)n2)cc1. The Labute approximate surface area is 164 Å². The van der Waals surface area contributed by atoms with Crippen molar-refractivity contribution < 1.29 is 24.2 Å². The first-order chi connectivity index (χ1) is 13.5. The molecule has 2 aromatic rings. The zero-order valence-corrected chi connectivity index (χ0v) is 15.9. The summed E-state index contributed by atoms with van der Waals surface area (Å²) >= 11 is 1.36. The third-order valence-corrected chi connectivity index (χ3v) is 5.81. The zero-order valence-electron chi connectivity index (χ0n) is 15.1. The van der Waals surface area contributed by atoms with Gasteiger partial charge in [-0.1, -0.05) is 12.1 Å². The molecule has 3 heterocycles. The second kappa shape index (κ2) is 7.12. The van der Waals surface area contributed by atoms with Crippen molar-refractivity contribution in [3.8, 4) is 11.3 Å². The number of amides is 3. The molecule has 1 N–H and O–H groups in total. The number of piperazine rings is 1. The van der Waals surface area contributed by atoms with Crippen molar-refractivity contribution in [2.45, 2.75) is 6.04 Å². The molecular weight excluding hydrogens is 384 g/mol. The Morgan fingerprint density at radius 3 is 2.64 bits per heavy atom. The van der Waals surface area contributed by atoms with Gasteiger partial charge in [0, 0.05) is 30.6 Å². The Balaban J connectivity index is 1.51. The number of nitrogens with zero attached hydrogens (tertiary/aromatic N) is 4. The number of esters is 1. The van der Waals surface area contributed by atoms with Crippen LogP contribution in [0.4, 0.5) is 14.7 Å².